The number of rotatable bonds is 5. The third-order valence-corrected chi connectivity index (χ3v) is 6.71. The van der Waals surface area contributed by atoms with Crippen LogP contribution in [0.5, 0.6) is 0 Å². The summed E-state index contributed by atoms with van der Waals surface area (Å²) in [7, 11) is 1.89. The number of aryl methyl sites for hydroxylation is 2. The van der Waals surface area contributed by atoms with Crippen molar-refractivity contribution in [3.05, 3.63) is 113 Å². The van der Waals surface area contributed by atoms with E-state index in [0.29, 0.717) is 30.8 Å². The van der Waals surface area contributed by atoms with Crippen molar-refractivity contribution in [2.45, 2.75) is 26.4 Å². The molecule has 3 aromatic carbocycles. The highest BCUT2D eigenvalue weighted by molar-refractivity contribution is 6.06. The Morgan fingerprint density at radius 1 is 1.00 bits per heavy atom. The SMILES string of the molecule is Cc1ccccc1NC(=O)N1CCc2c(c(CN(C(=O)c3ccc(F)cc3)c3ccccc3)nn2C)C1. The quantitative estimate of drug-likeness (QED) is 0.407. The first-order valence-corrected chi connectivity index (χ1v) is 12.2. The monoisotopic (exact) mass is 497 g/mol. The van der Waals surface area contributed by atoms with Crippen molar-refractivity contribution in [1.29, 1.82) is 0 Å². The first kappa shape index (κ1) is 24.2. The maximum Gasteiger partial charge on any atom is 0.322 e. The number of benzene rings is 3. The molecule has 1 aliphatic heterocycles. The average Bonchev–Trinajstić information content (AvgIpc) is 3.23. The van der Waals surface area contributed by atoms with E-state index in [-0.39, 0.29) is 18.5 Å². The molecule has 0 saturated heterocycles. The highest BCUT2D eigenvalue weighted by Gasteiger charge is 2.29. The molecule has 1 N–H and O–H groups in total. The van der Waals surface area contributed by atoms with Crippen LogP contribution in [0.3, 0.4) is 0 Å². The van der Waals surface area contributed by atoms with Gasteiger partial charge in [0.25, 0.3) is 5.91 Å². The molecule has 0 atom stereocenters. The van der Waals surface area contributed by atoms with Crippen LogP contribution in [0.15, 0.2) is 78.9 Å². The number of amides is 3. The molecule has 37 heavy (non-hydrogen) atoms. The molecule has 0 saturated carbocycles. The summed E-state index contributed by atoms with van der Waals surface area (Å²) in [6, 6.07) is 22.4. The van der Waals surface area contributed by atoms with Gasteiger partial charge in [0.2, 0.25) is 0 Å². The van der Waals surface area contributed by atoms with Crippen LogP contribution < -0.4 is 10.2 Å². The fourth-order valence-corrected chi connectivity index (χ4v) is 4.66. The number of hydrogen-bond donors (Lipinski definition) is 1. The number of nitrogens with one attached hydrogen (secondary N) is 1. The number of urea groups is 1. The van der Waals surface area contributed by atoms with Crippen molar-refractivity contribution in [2.75, 3.05) is 16.8 Å². The zero-order chi connectivity index (χ0) is 25.9. The van der Waals surface area contributed by atoms with Gasteiger partial charge in [-0.3, -0.25) is 9.48 Å². The average molecular weight is 498 g/mol. The lowest BCUT2D eigenvalue weighted by Gasteiger charge is -2.29. The van der Waals surface area contributed by atoms with Crippen LogP contribution in [0.4, 0.5) is 20.6 Å². The largest absolute Gasteiger partial charge is 0.322 e. The van der Waals surface area contributed by atoms with E-state index in [2.05, 4.69) is 5.32 Å². The topological polar surface area (TPSA) is 70.5 Å². The zero-order valence-electron chi connectivity index (χ0n) is 20.8. The van der Waals surface area contributed by atoms with Crippen molar-refractivity contribution >= 4 is 23.3 Å². The summed E-state index contributed by atoms with van der Waals surface area (Å²) < 4.78 is 15.3. The van der Waals surface area contributed by atoms with Crippen molar-refractivity contribution < 1.29 is 14.0 Å². The fourth-order valence-electron chi connectivity index (χ4n) is 4.66. The molecular weight excluding hydrogens is 469 g/mol. The van der Waals surface area contributed by atoms with Crippen molar-refractivity contribution in [1.82, 2.24) is 14.7 Å². The summed E-state index contributed by atoms with van der Waals surface area (Å²) in [4.78, 5) is 30.1. The predicted molar refractivity (Wildman–Crippen MR) is 141 cm³/mol. The molecular formula is C29H28FN5O2. The van der Waals surface area contributed by atoms with E-state index in [1.807, 2.05) is 73.3 Å². The summed E-state index contributed by atoms with van der Waals surface area (Å²) in [5.74, 6) is -0.652. The molecule has 3 amide bonds. The first-order valence-electron chi connectivity index (χ1n) is 12.2. The molecule has 8 heteroatoms. The Balaban J connectivity index is 1.42. The maximum atomic E-state index is 13.5. The van der Waals surface area contributed by atoms with Crippen LogP contribution in [0.1, 0.15) is 32.9 Å². The Hall–Kier alpha value is -4.46. The first-order chi connectivity index (χ1) is 17.9. The molecule has 1 aromatic heterocycles. The molecule has 0 bridgehead atoms. The normalized spacial score (nSPS) is 12.7. The number of nitrogens with zero attached hydrogens (tertiary/aromatic N) is 4. The Morgan fingerprint density at radius 3 is 2.43 bits per heavy atom. The van der Waals surface area contributed by atoms with Crippen LogP contribution >= 0.6 is 0 Å². The van der Waals surface area contributed by atoms with Crippen LogP contribution in [0.2, 0.25) is 0 Å². The summed E-state index contributed by atoms with van der Waals surface area (Å²) in [6.45, 7) is 3.14. The van der Waals surface area contributed by atoms with Gasteiger partial charge in [-0.25, -0.2) is 9.18 Å². The lowest BCUT2D eigenvalue weighted by Crippen LogP contribution is -2.39. The lowest BCUT2D eigenvalue weighted by atomic mass is 10.0. The van der Waals surface area contributed by atoms with E-state index in [0.717, 1.165) is 28.2 Å². The van der Waals surface area contributed by atoms with Gasteiger partial charge in [-0.05, 0) is 55.0 Å². The summed E-state index contributed by atoms with van der Waals surface area (Å²) >= 11 is 0. The van der Waals surface area contributed by atoms with Gasteiger partial charge >= 0.3 is 6.03 Å². The number of hydrogen-bond acceptors (Lipinski definition) is 3. The Morgan fingerprint density at radius 2 is 1.70 bits per heavy atom. The maximum absolute atomic E-state index is 13.5. The minimum atomic E-state index is -0.398. The number of fused-ring (bicyclic) bond motifs is 1. The number of carbonyl (C=O) groups is 2. The van der Waals surface area contributed by atoms with Crippen LogP contribution in [0.25, 0.3) is 0 Å². The minimum absolute atomic E-state index is 0.169. The summed E-state index contributed by atoms with van der Waals surface area (Å²) in [5.41, 5.74) is 5.60. The second-order valence-corrected chi connectivity index (χ2v) is 9.15. The standard InChI is InChI=1S/C29H28FN5O2/c1-20-8-6-7-11-25(20)31-29(37)34-17-16-27-24(18-34)26(32-33(27)2)19-35(23-9-4-3-5-10-23)28(36)21-12-14-22(30)15-13-21/h3-15H,16-19H2,1-2H3,(H,31,37). The number of aromatic nitrogens is 2. The number of halogens is 1. The second kappa shape index (κ2) is 10.3. The Kier molecular flexibility index (Phi) is 6.72. The van der Waals surface area contributed by atoms with Crippen molar-refractivity contribution in [2.24, 2.45) is 7.05 Å². The van der Waals surface area contributed by atoms with Gasteiger partial charge < -0.3 is 15.1 Å². The molecule has 0 unspecified atom stereocenters. The predicted octanol–water partition coefficient (Wildman–Crippen LogP) is 5.30. The molecule has 0 radical (unpaired) electrons. The Labute approximate surface area is 215 Å². The van der Waals surface area contributed by atoms with Gasteiger partial charge in [-0.1, -0.05) is 36.4 Å². The fraction of sp³-hybridized carbons (Fsp3) is 0.207. The molecule has 0 aliphatic carbocycles. The molecule has 188 valence electrons. The zero-order valence-corrected chi connectivity index (χ0v) is 20.8. The molecule has 1 aliphatic rings. The second-order valence-electron chi connectivity index (χ2n) is 9.15. The van der Waals surface area contributed by atoms with E-state index in [1.54, 1.807) is 9.80 Å². The number of anilines is 2. The summed E-state index contributed by atoms with van der Waals surface area (Å²) in [5, 5.41) is 7.76. The van der Waals surface area contributed by atoms with Crippen molar-refractivity contribution in [3.63, 3.8) is 0 Å². The molecule has 7 nitrogen and oxygen atoms in total. The van der Waals surface area contributed by atoms with Gasteiger partial charge in [-0.2, -0.15) is 5.10 Å². The van der Waals surface area contributed by atoms with E-state index < -0.39 is 5.82 Å². The molecule has 0 fully saturated rings. The summed E-state index contributed by atoms with van der Waals surface area (Å²) in [6.07, 6.45) is 0.664. The highest BCUT2D eigenvalue weighted by Crippen LogP contribution is 2.27. The molecule has 5 rings (SSSR count). The van der Waals surface area contributed by atoms with Gasteiger partial charge in [0.1, 0.15) is 5.82 Å². The minimum Gasteiger partial charge on any atom is -0.320 e. The van der Waals surface area contributed by atoms with E-state index in [4.69, 9.17) is 5.10 Å². The molecule has 2 heterocycles. The van der Waals surface area contributed by atoms with Crippen LogP contribution in [-0.4, -0.2) is 33.2 Å². The van der Waals surface area contributed by atoms with Gasteiger partial charge in [0.05, 0.1) is 18.8 Å². The van der Waals surface area contributed by atoms with Gasteiger partial charge in [0, 0.05) is 48.2 Å². The number of carbonyl (C=O) groups excluding carboxylic acids is 2. The van der Waals surface area contributed by atoms with Gasteiger partial charge in [0.15, 0.2) is 0 Å². The number of para-hydroxylation sites is 2. The van der Waals surface area contributed by atoms with Gasteiger partial charge in [-0.15, -0.1) is 0 Å². The highest BCUT2D eigenvalue weighted by atomic mass is 19.1. The van der Waals surface area contributed by atoms with E-state index in [1.165, 1.54) is 24.3 Å². The third kappa shape index (κ3) is 5.09. The van der Waals surface area contributed by atoms with E-state index >= 15 is 0 Å². The third-order valence-electron chi connectivity index (χ3n) is 6.71. The van der Waals surface area contributed by atoms with Crippen LogP contribution in [0, 0.1) is 12.7 Å². The Bertz CT molecular complexity index is 1430. The smallest absolute Gasteiger partial charge is 0.320 e. The van der Waals surface area contributed by atoms with Crippen molar-refractivity contribution in [3.8, 4) is 0 Å². The lowest BCUT2D eigenvalue weighted by molar-refractivity contribution is 0.0984. The molecule has 4 aromatic rings. The van der Waals surface area contributed by atoms with Crippen LogP contribution in [-0.2, 0) is 26.6 Å². The molecule has 0 spiro atoms. The van der Waals surface area contributed by atoms with E-state index in [9.17, 15) is 14.0 Å².